The Morgan fingerprint density at radius 3 is 2.82 bits per heavy atom. The van der Waals surface area contributed by atoms with E-state index in [-0.39, 0.29) is 18.1 Å². The highest BCUT2D eigenvalue weighted by molar-refractivity contribution is 5.88. The third kappa shape index (κ3) is 5.87. The standard InChI is InChI=1S/C12H19N3O2/c1-9(7-10(2)16)8-14-12(17)15-11-5-3-4-6-13-11/h3-6,9-10,16H,7-8H2,1-2H3,(H2,13,14,15,17)/t9-,10+/m0/s1. The fourth-order valence-corrected chi connectivity index (χ4v) is 1.53. The molecule has 2 amide bonds. The molecule has 1 heterocycles. The zero-order valence-electron chi connectivity index (χ0n) is 10.2. The van der Waals surface area contributed by atoms with E-state index in [1.165, 1.54) is 0 Å². The molecule has 0 aliphatic rings. The number of nitrogens with zero attached hydrogens (tertiary/aromatic N) is 1. The van der Waals surface area contributed by atoms with Crippen molar-refractivity contribution in [1.82, 2.24) is 10.3 Å². The van der Waals surface area contributed by atoms with Crippen molar-refractivity contribution in [3.8, 4) is 0 Å². The van der Waals surface area contributed by atoms with Gasteiger partial charge >= 0.3 is 6.03 Å². The van der Waals surface area contributed by atoms with Crippen molar-refractivity contribution in [3.63, 3.8) is 0 Å². The first-order valence-corrected chi connectivity index (χ1v) is 5.72. The summed E-state index contributed by atoms with van der Waals surface area (Å²) in [6.45, 7) is 4.25. The normalized spacial score (nSPS) is 13.8. The Morgan fingerprint density at radius 2 is 2.24 bits per heavy atom. The van der Waals surface area contributed by atoms with E-state index < -0.39 is 0 Å². The summed E-state index contributed by atoms with van der Waals surface area (Å²) in [5, 5.41) is 14.5. The van der Waals surface area contributed by atoms with Gasteiger partial charge in [0.25, 0.3) is 0 Å². The van der Waals surface area contributed by atoms with Crippen LogP contribution in [-0.4, -0.2) is 28.8 Å². The Balaban J connectivity index is 2.26. The number of carbonyl (C=O) groups excluding carboxylic acids is 1. The topological polar surface area (TPSA) is 74.2 Å². The van der Waals surface area contributed by atoms with Crippen molar-refractivity contribution in [2.45, 2.75) is 26.4 Å². The van der Waals surface area contributed by atoms with Crippen molar-refractivity contribution < 1.29 is 9.90 Å². The number of rotatable bonds is 5. The number of aliphatic hydroxyl groups is 1. The highest BCUT2D eigenvalue weighted by Gasteiger charge is 2.08. The molecule has 94 valence electrons. The maximum atomic E-state index is 11.5. The minimum absolute atomic E-state index is 0.240. The number of anilines is 1. The lowest BCUT2D eigenvalue weighted by atomic mass is 10.1. The summed E-state index contributed by atoms with van der Waals surface area (Å²) in [7, 11) is 0. The first-order chi connectivity index (χ1) is 8.08. The lowest BCUT2D eigenvalue weighted by Gasteiger charge is -2.14. The second-order valence-electron chi connectivity index (χ2n) is 4.24. The molecule has 0 saturated heterocycles. The zero-order chi connectivity index (χ0) is 12.7. The van der Waals surface area contributed by atoms with Crippen molar-refractivity contribution in [2.75, 3.05) is 11.9 Å². The Hall–Kier alpha value is -1.62. The van der Waals surface area contributed by atoms with E-state index in [2.05, 4.69) is 15.6 Å². The van der Waals surface area contributed by atoms with Crippen LogP contribution in [0.5, 0.6) is 0 Å². The number of pyridine rings is 1. The minimum atomic E-state index is -0.342. The fraction of sp³-hybridized carbons (Fsp3) is 0.500. The molecular weight excluding hydrogens is 218 g/mol. The molecule has 0 fully saturated rings. The number of carbonyl (C=O) groups is 1. The molecule has 0 aliphatic heterocycles. The van der Waals surface area contributed by atoms with Gasteiger partial charge in [-0.1, -0.05) is 13.0 Å². The van der Waals surface area contributed by atoms with E-state index in [4.69, 9.17) is 0 Å². The van der Waals surface area contributed by atoms with Crippen LogP contribution in [0.3, 0.4) is 0 Å². The Labute approximate surface area is 101 Å². The summed E-state index contributed by atoms with van der Waals surface area (Å²) in [5.74, 6) is 0.762. The van der Waals surface area contributed by atoms with Crippen LogP contribution in [0, 0.1) is 5.92 Å². The molecule has 1 aromatic heterocycles. The fourth-order valence-electron chi connectivity index (χ4n) is 1.53. The Bertz CT molecular complexity index is 341. The van der Waals surface area contributed by atoms with Crippen LogP contribution in [0.1, 0.15) is 20.3 Å². The molecule has 0 saturated carbocycles. The molecule has 2 atom stereocenters. The van der Waals surface area contributed by atoms with Crippen LogP contribution in [0.15, 0.2) is 24.4 Å². The lowest BCUT2D eigenvalue weighted by Crippen LogP contribution is -2.33. The molecule has 17 heavy (non-hydrogen) atoms. The van der Waals surface area contributed by atoms with Gasteiger partial charge in [0, 0.05) is 12.7 Å². The molecule has 5 nitrogen and oxygen atoms in total. The van der Waals surface area contributed by atoms with Crippen LogP contribution in [0.4, 0.5) is 10.6 Å². The average Bonchev–Trinajstić information content (AvgIpc) is 2.27. The van der Waals surface area contributed by atoms with E-state index in [0.717, 1.165) is 0 Å². The molecule has 1 aromatic rings. The van der Waals surface area contributed by atoms with Gasteiger partial charge in [-0.15, -0.1) is 0 Å². The third-order valence-corrected chi connectivity index (χ3v) is 2.26. The number of urea groups is 1. The first-order valence-electron chi connectivity index (χ1n) is 5.72. The van der Waals surface area contributed by atoms with Crippen LogP contribution in [0.2, 0.25) is 0 Å². The SMILES string of the molecule is C[C@H](CNC(=O)Nc1ccccn1)C[C@@H](C)O. The maximum Gasteiger partial charge on any atom is 0.320 e. The van der Waals surface area contributed by atoms with Gasteiger partial charge < -0.3 is 10.4 Å². The third-order valence-electron chi connectivity index (χ3n) is 2.26. The van der Waals surface area contributed by atoms with Gasteiger partial charge in [0.2, 0.25) is 0 Å². The van der Waals surface area contributed by atoms with Gasteiger partial charge in [-0.05, 0) is 31.4 Å². The Morgan fingerprint density at radius 1 is 1.47 bits per heavy atom. The number of aromatic nitrogens is 1. The quantitative estimate of drug-likeness (QED) is 0.728. The van der Waals surface area contributed by atoms with Gasteiger partial charge in [0.15, 0.2) is 0 Å². The number of amides is 2. The number of hydrogen-bond acceptors (Lipinski definition) is 3. The molecule has 0 bridgehead atoms. The number of nitrogens with one attached hydrogen (secondary N) is 2. The highest BCUT2D eigenvalue weighted by Crippen LogP contribution is 2.04. The highest BCUT2D eigenvalue weighted by atomic mass is 16.3. The van der Waals surface area contributed by atoms with E-state index >= 15 is 0 Å². The zero-order valence-corrected chi connectivity index (χ0v) is 10.2. The van der Waals surface area contributed by atoms with Gasteiger partial charge in [-0.2, -0.15) is 0 Å². The predicted octanol–water partition coefficient (Wildman–Crippen LogP) is 1.61. The van der Waals surface area contributed by atoms with E-state index in [1.54, 1.807) is 31.3 Å². The van der Waals surface area contributed by atoms with E-state index in [0.29, 0.717) is 18.8 Å². The summed E-state index contributed by atoms with van der Waals surface area (Å²) in [5.41, 5.74) is 0. The van der Waals surface area contributed by atoms with Crippen LogP contribution >= 0.6 is 0 Å². The Kier molecular flexibility index (Phi) is 5.42. The largest absolute Gasteiger partial charge is 0.393 e. The predicted molar refractivity (Wildman–Crippen MR) is 66.7 cm³/mol. The second kappa shape index (κ2) is 6.85. The molecular formula is C12H19N3O2. The van der Waals surface area contributed by atoms with Gasteiger partial charge in [0.1, 0.15) is 5.82 Å². The van der Waals surface area contributed by atoms with Gasteiger partial charge in [0.05, 0.1) is 6.10 Å². The monoisotopic (exact) mass is 237 g/mol. The molecule has 0 spiro atoms. The molecule has 0 unspecified atom stereocenters. The molecule has 3 N–H and O–H groups in total. The summed E-state index contributed by atoms with van der Waals surface area (Å²) in [6.07, 6.45) is 1.95. The van der Waals surface area contributed by atoms with E-state index in [9.17, 15) is 9.90 Å². The van der Waals surface area contributed by atoms with Gasteiger partial charge in [-0.3, -0.25) is 5.32 Å². The van der Waals surface area contributed by atoms with Gasteiger partial charge in [-0.25, -0.2) is 9.78 Å². The van der Waals surface area contributed by atoms with Crippen LogP contribution in [0.25, 0.3) is 0 Å². The maximum absolute atomic E-state index is 11.5. The lowest BCUT2D eigenvalue weighted by molar-refractivity contribution is 0.163. The summed E-state index contributed by atoms with van der Waals surface area (Å²) >= 11 is 0. The second-order valence-corrected chi connectivity index (χ2v) is 4.24. The summed E-state index contributed by atoms with van der Waals surface area (Å²) in [6, 6.07) is 5.03. The minimum Gasteiger partial charge on any atom is -0.393 e. The average molecular weight is 237 g/mol. The molecule has 0 aromatic carbocycles. The summed E-state index contributed by atoms with van der Waals surface area (Å²) in [4.78, 5) is 15.5. The summed E-state index contributed by atoms with van der Waals surface area (Å²) < 4.78 is 0. The molecule has 1 rings (SSSR count). The number of aliphatic hydroxyl groups excluding tert-OH is 1. The molecule has 0 radical (unpaired) electrons. The smallest absolute Gasteiger partial charge is 0.320 e. The molecule has 5 heteroatoms. The van der Waals surface area contributed by atoms with Crippen molar-refractivity contribution in [3.05, 3.63) is 24.4 Å². The van der Waals surface area contributed by atoms with Crippen molar-refractivity contribution in [1.29, 1.82) is 0 Å². The van der Waals surface area contributed by atoms with E-state index in [1.807, 2.05) is 6.92 Å². The first kappa shape index (κ1) is 13.4. The van der Waals surface area contributed by atoms with Crippen molar-refractivity contribution >= 4 is 11.8 Å². The van der Waals surface area contributed by atoms with Crippen molar-refractivity contribution in [2.24, 2.45) is 5.92 Å². The van der Waals surface area contributed by atoms with Crippen LogP contribution < -0.4 is 10.6 Å². The molecule has 0 aliphatic carbocycles. The van der Waals surface area contributed by atoms with Crippen LogP contribution in [-0.2, 0) is 0 Å². The number of hydrogen-bond donors (Lipinski definition) is 3.